The van der Waals surface area contributed by atoms with Crippen molar-refractivity contribution in [3.05, 3.63) is 46.5 Å². The summed E-state index contributed by atoms with van der Waals surface area (Å²) < 4.78 is 3.11. The molecule has 0 aliphatic carbocycles. The molecule has 1 aromatic heterocycles. The van der Waals surface area contributed by atoms with E-state index in [1.165, 1.54) is 5.56 Å². The zero-order valence-electron chi connectivity index (χ0n) is 16.1. The maximum absolute atomic E-state index is 4.87. The highest BCUT2D eigenvalue weighted by Gasteiger charge is 2.24. The van der Waals surface area contributed by atoms with Crippen molar-refractivity contribution in [3.63, 3.8) is 0 Å². The molecule has 2 heterocycles. The van der Waals surface area contributed by atoms with Gasteiger partial charge >= 0.3 is 0 Å². The molecule has 1 aromatic carbocycles. The van der Waals surface area contributed by atoms with Crippen LogP contribution in [0.3, 0.4) is 0 Å². The summed E-state index contributed by atoms with van der Waals surface area (Å²) in [5, 5.41) is 11.2. The van der Waals surface area contributed by atoms with Crippen LogP contribution in [0.15, 0.2) is 40.1 Å². The molecule has 2 aromatic rings. The molecule has 2 N–H and O–H groups in total. The van der Waals surface area contributed by atoms with Crippen LogP contribution in [0.25, 0.3) is 0 Å². The summed E-state index contributed by atoms with van der Waals surface area (Å²) in [7, 11) is 0. The van der Waals surface area contributed by atoms with Gasteiger partial charge in [0.15, 0.2) is 5.96 Å². The molecular weight excluding hydrogens is 519 g/mol. The molecule has 1 aliphatic rings. The quantitative estimate of drug-likeness (QED) is 0.342. The number of aryl methyl sites for hydroxylation is 1. The first kappa shape index (κ1) is 22.1. The molecule has 0 radical (unpaired) electrons. The predicted octanol–water partition coefficient (Wildman–Crippen LogP) is 3.51. The van der Waals surface area contributed by atoms with E-state index in [1.807, 2.05) is 10.7 Å². The molecule has 0 bridgehead atoms. The Balaban J connectivity index is 0.00000261. The molecule has 1 unspecified atom stereocenters. The van der Waals surface area contributed by atoms with Gasteiger partial charge in [0.2, 0.25) is 0 Å². The second-order valence-corrected chi connectivity index (χ2v) is 8.15. The van der Waals surface area contributed by atoms with Gasteiger partial charge in [-0.15, -0.1) is 24.0 Å². The molecule has 6 nitrogen and oxygen atoms in total. The predicted molar refractivity (Wildman–Crippen MR) is 124 cm³/mol. The number of guanidine groups is 1. The Kier molecular flexibility index (Phi) is 8.08. The van der Waals surface area contributed by atoms with Gasteiger partial charge in [0.25, 0.3) is 0 Å². The Morgan fingerprint density at radius 2 is 2.15 bits per heavy atom. The second kappa shape index (κ2) is 9.86. The highest BCUT2D eigenvalue weighted by molar-refractivity contribution is 14.0. The molecule has 0 spiro atoms. The molecule has 0 saturated carbocycles. The molecule has 1 aliphatic heterocycles. The van der Waals surface area contributed by atoms with Crippen molar-refractivity contribution in [1.82, 2.24) is 25.4 Å². The highest BCUT2D eigenvalue weighted by Crippen LogP contribution is 2.30. The van der Waals surface area contributed by atoms with E-state index in [4.69, 9.17) is 4.99 Å². The number of rotatable bonds is 5. The first-order valence-electron chi connectivity index (χ1n) is 9.16. The first-order chi connectivity index (χ1) is 12.5. The lowest BCUT2D eigenvalue weighted by atomic mass is 9.85. The van der Waals surface area contributed by atoms with Gasteiger partial charge in [-0.2, -0.15) is 5.10 Å². The van der Waals surface area contributed by atoms with Gasteiger partial charge in [-0.05, 0) is 25.0 Å². The SMILES string of the molecule is CCNC(=NCC(C)(C)c1ccccc1Br)NC1CCc2ncnn2C1.I. The zero-order chi connectivity index (χ0) is 18.6. The third kappa shape index (κ3) is 5.66. The minimum atomic E-state index is -0.0614. The number of fused-ring (bicyclic) bond motifs is 1. The van der Waals surface area contributed by atoms with E-state index >= 15 is 0 Å². The summed E-state index contributed by atoms with van der Waals surface area (Å²) in [4.78, 5) is 9.16. The number of benzene rings is 1. The summed E-state index contributed by atoms with van der Waals surface area (Å²) in [6, 6.07) is 8.68. The lowest BCUT2D eigenvalue weighted by Gasteiger charge is -2.27. The van der Waals surface area contributed by atoms with Crippen molar-refractivity contribution in [2.75, 3.05) is 13.1 Å². The van der Waals surface area contributed by atoms with Crippen molar-refractivity contribution in [2.45, 2.75) is 51.6 Å². The van der Waals surface area contributed by atoms with Gasteiger partial charge in [0.1, 0.15) is 12.2 Å². The Morgan fingerprint density at radius 1 is 1.37 bits per heavy atom. The number of aliphatic imine (C=N–C) groups is 1. The van der Waals surface area contributed by atoms with Crippen molar-refractivity contribution in [3.8, 4) is 0 Å². The third-order valence-corrected chi connectivity index (χ3v) is 5.42. The van der Waals surface area contributed by atoms with Crippen LogP contribution >= 0.6 is 39.9 Å². The Bertz CT molecular complexity index is 773. The van der Waals surface area contributed by atoms with E-state index in [-0.39, 0.29) is 29.4 Å². The number of hydrogen-bond acceptors (Lipinski definition) is 3. The molecule has 0 amide bonds. The van der Waals surface area contributed by atoms with Gasteiger partial charge in [-0.25, -0.2) is 9.67 Å². The molecule has 3 rings (SSSR count). The van der Waals surface area contributed by atoms with Crippen LogP contribution in [-0.2, 0) is 18.4 Å². The van der Waals surface area contributed by atoms with E-state index in [2.05, 4.69) is 75.6 Å². The second-order valence-electron chi connectivity index (χ2n) is 7.30. The van der Waals surface area contributed by atoms with Crippen LogP contribution in [0.5, 0.6) is 0 Å². The Hall–Kier alpha value is -1.16. The minimum Gasteiger partial charge on any atom is -0.357 e. The minimum absolute atomic E-state index is 0. The lowest BCUT2D eigenvalue weighted by Crippen LogP contribution is -2.47. The Morgan fingerprint density at radius 3 is 2.89 bits per heavy atom. The van der Waals surface area contributed by atoms with Crippen LogP contribution in [0.1, 0.15) is 38.6 Å². The molecule has 0 saturated heterocycles. The lowest BCUT2D eigenvalue weighted by molar-refractivity contribution is 0.392. The van der Waals surface area contributed by atoms with Gasteiger partial charge in [-0.3, -0.25) is 4.99 Å². The fourth-order valence-corrected chi connectivity index (χ4v) is 4.06. The normalized spacial score (nSPS) is 17.0. The average molecular weight is 547 g/mol. The van der Waals surface area contributed by atoms with Crippen LogP contribution in [0.4, 0.5) is 0 Å². The number of nitrogens with zero attached hydrogens (tertiary/aromatic N) is 4. The summed E-state index contributed by atoms with van der Waals surface area (Å²) in [6.45, 7) is 8.90. The van der Waals surface area contributed by atoms with Crippen molar-refractivity contribution >= 4 is 45.9 Å². The smallest absolute Gasteiger partial charge is 0.191 e. The average Bonchev–Trinajstić information content (AvgIpc) is 3.08. The number of hydrogen-bond donors (Lipinski definition) is 2. The van der Waals surface area contributed by atoms with Crippen molar-refractivity contribution < 1.29 is 0 Å². The zero-order valence-corrected chi connectivity index (χ0v) is 20.0. The largest absolute Gasteiger partial charge is 0.357 e. The summed E-state index contributed by atoms with van der Waals surface area (Å²) in [6.07, 6.45) is 3.62. The molecule has 8 heteroatoms. The van der Waals surface area contributed by atoms with E-state index < -0.39 is 0 Å². The summed E-state index contributed by atoms with van der Waals surface area (Å²) in [5.41, 5.74) is 1.21. The van der Waals surface area contributed by atoms with Crippen LogP contribution < -0.4 is 10.6 Å². The van der Waals surface area contributed by atoms with Crippen LogP contribution in [0.2, 0.25) is 0 Å². The summed E-state index contributed by atoms with van der Waals surface area (Å²) >= 11 is 3.67. The molecule has 27 heavy (non-hydrogen) atoms. The van der Waals surface area contributed by atoms with Crippen LogP contribution in [0, 0.1) is 0 Å². The fourth-order valence-electron chi connectivity index (χ4n) is 3.24. The molecule has 1 atom stereocenters. The Labute approximate surface area is 186 Å². The fraction of sp³-hybridized carbons (Fsp3) is 0.526. The van der Waals surface area contributed by atoms with E-state index in [1.54, 1.807) is 6.33 Å². The maximum Gasteiger partial charge on any atom is 0.191 e. The maximum atomic E-state index is 4.87. The number of nitrogens with one attached hydrogen (secondary N) is 2. The van der Waals surface area contributed by atoms with Gasteiger partial charge in [0, 0.05) is 28.9 Å². The van der Waals surface area contributed by atoms with Crippen molar-refractivity contribution in [2.24, 2.45) is 4.99 Å². The topological polar surface area (TPSA) is 67.1 Å². The summed E-state index contributed by atoms with van der Waals surface area (Å²) in [5.74, 6) is 1.93. The number of halogens is 2. The number of aromatic nitrogens is 3. The first-order valence-corrected chi connectivity index (χ1v) is 9.95. The van der Waals surface area contributed by atoms with E-state index in [0.717, 1.165) is 42.2 Å². The van der Waals surface area contributed by atoms with Gasteiger partial charge in [0.05, 0.1) is 13.1 Å². The third-order valence-electron chi connectivity index (χ3n) is 4.73. The van der Waals surface area contributed by atoms with E-state index in [9.17, 15) is 0 Å². The highest BCUT2D eigenvalue weighted by atomic mass is 127. The molecule has 0 fully saturated rings. The molecule has 148 valence electrons. The van der Waals surface area contributed by atoms with Crippen LogP contribution in [-0.4, -0.2) is 39.9 Å². The standard InChI is InChI=1S/C19H27BrN6.HI/c1-4-21-18(25-14-9-10-17-23-13-24-26(17)11-14)22-12-19(2,3)15-7-5-6-8-16(15)20;/h5-8,13-14H,4,9-12H2,1-3H3,(H2,21,22,25);1H. The van der Waals surface area contributed by atoms with Crippen molar-refractivity contribution in [1.29, 1.82) is 0 Å². The monoisotopic (exact) mass is 546 g/mol. The van der Waals surface area contributed by atoms with Gasteiger partial charge < -0.3 is 10.6 Å². The van der Waals surface area contributed by atoms with Gasteiger partial charge in [-0.1, -0.05) is 48.0 Å². The molecular formula is C19H28BrIN6. The van der Waals surface area contributed by atoms with E-state index in [0.29, 0.717) is 12.6 Å².